The predicted molar refractivity (Wildman–Crippen MR) is 91.8 cm³/mol. The van der Waals surface area contributed by atoms with E-state index < -0.39 is 0 Å². The second kappa shape index (κ2) is 6.50. The highest BCUT2D eigenvalue weighted by molar-refractivity contribution is 8.00. The van der Waals surface area contributed by atoms with Crippen LogP contribution in [0.15, 0.2) is 41.8 Å². The van der Waals surface area contributed by atoms with Gasteiger partial charge in [0, 0.05) is 12.6 Å². The third-order valence-electron chi connectivity index (χ3n) is 3.80. The molecule has 118 valence electrons. The Morgan fingerprint density at radius 1 is 1.26 bits per heavy atom. The van der Waals surface area contributed by atoms with E-state index in [4.69, 9.17) is 0 Å². The lowest BCUT2D eigenvalue weighted by Crippen LogP contribution is -2.13. The van der Waals surface area contributed by atoms with Crippen molar-refractivity contribution in [2.75, 3.05) is 0 Å². The number of carbonyl (C=O) groups is 1. The van der Waals surface area contributed by atoms with Crippen molar-refractivity contribution in [3.05, 3.63) is 47.9 Å². The van der Waals surface area contributed by atoms with Gasteiger partial charge in [-0.25, -0.2) is 9.97 Å². The molecule has 23 heavy (non-hydrogen) atoms. The standard InChI is InChI=1S/C17H18N4OS/c1-4-12-5-7-13(8-6-12)15(22)11(2)23-17-14-9-20-21(3)16(14)18-10-19-17/h5-11H,4H2,1-3H3. The number of benzene rings is 1. The summed E-state index contributed by atoms with van der Waals surface area (Å²) >= 11 is 1.45. The Morgan fingerprint density at radius 3 is 2.70 bits per heavy atom. The van der Waals surface area contributed by atoms with E-state index in [0.29, 0.717) is 0 Å². The third kappa shape index (κ3) is 3.12. The van der Waals surface area contributed by atoms with Gasteiger partial charge >= 0.3 is 0 Å². The van der Waals surface area contributed by atoms with Gasteiger partial charge in [-0.1, -0.05) is 43.0 Å². The molecule has 6 heteroatoms. The number of carbonyl (C=O) groups excluding carboxylic acids is 1. The molecule has 5 nitrogen and oxygen atoms in total. The molecule has 0 radical (unpaired) electrons. The van der Waals surface area contributed by atoms with E-state index in [1.165, 1.54) is 23.7 Å². The number of hydrogen-bond donors (Lipinski definition) is 0. The van der Waals surface area contributed by atoms with Crippen LogP contribution in [0.2, 0.25) is 0 Å². The Kier molecular flexibility index (Phi) is 4.43. The summed E-state index contributed by atoms with van der Waals surface area (Å²) in [4.78, 5) is 21.1. The Labute approximate surface area is 139 Å². The molecular weight excluding hydrogens is 308 g/mol. The molecule has 0 saturated carbocycles. The maximum atomic E-state index is 12.6. The molecule has 0 fully saturated rings. The van der Waals surface area contributed by atoms with E-state index in [0.717, 1.165) is 28.0 Å². The normalized spacial score (nSPS) is 12.5. The lowest BCUT2D eigenvalue weighted by molar-refractivity contribution is 0.0994. The second-order valence-corrected chi connectivity index (χ2v) is 6.69. The second-order valence-electron chi connectivity index (χ2n) is 5.36. The smallest absolute Gasteiger partial charge is 0.175 e. The summed E-state index contributed by atoms with van der Waals surface area (Å²) in [5.74, 6) is 0.105. The molecule has 0 saturated heterocycles. The summed E-state index contributed by atoms with van der Waals surface area (Å²) in [6, 6.07) is 7.82. The van der Waals surface area contributed by atoms with Crippen LogP contribution < -0.4 is 0 Å². The van der Waals surface area contributed by atoms with Crippen LogP contribution in [0.4, 0.5) is 0 Å². The number of Topliss-reactive ketones (excluding diaryl/α,β-unsaturated/α-hetero) is 1. The van der Waals surface area contributed by atoms with Crippen LogP contribution in [-0.4, -0.2) is 30.8 Å². The minimum absolute atomic E-state index is 0.105. The van der Waals surface area contributed by atoms with Gasteiger partial charge in [-0.05, 0) is 18.9 Å². The maximum Gasteiger partial charge on any atom is 0.175 e. The summed E-state index contributed by atoms with van der Waals surface area (Å²) in [6.45, 7) is 4.01. The average Bonchev–Trinajstić information content (AvgIpc) is 2.97. The molecule has 1 aromatic carbocycles. The number of ketones is 1. The molecular formula is C17H18N4OS. The van der Waals surface area contributed by atoms with E-state index in [9.17, 15) is 4.79 Å². The van der Waals surface area contributed by atoms with Gasteiger partial charge in [0.05, 0.1) is 16.8 Å². The first-order chi connectivity index (χ1) is 11.1. The number of fused-ring (bicyclic) bond motifs is 1. The number of nitrogens with zero attached hydrogens (tertiary/aromatic N) is 4. The van der Waals surface area contributed by atoms with Crippen molar-refractivity contribution < 1.29 is 4.79 Å². The summed E-state index contributed by atoms with van der Waals surface area (Å²) in [7, 11) is 1.84. The van der Waals surface area contributed by atoms with Gasteiger partial charge in [-0.2, -0.15) is 5.10 Å². The van der Waals surface area contributed by atoms with Gasteiger partial charge < -0.3 is 0 Å². The zero-order valence-corrected chi connectivity index (χ0v) is 14.2. The van der Waals surface area contributed by atoms with Gasteiger partial charge in [0.1, 0.15) is 11.4 Å². The zero-order chi connectivity index (χ0) is 16.4. The van der Waals surface area contributed by atoms with Gasteiger partial charge in [0.25, 0.3) is 0 Å². The summed E-state index contributed by atoms with van der Waals surface area (Å²) in [6.07, 6.45) is 4.23. The van der Waals surface area contributed by atoms with E-state index in [1.54, 1.807) is 10.9 Å². The van der Waals surface area contributed by atoms with Crippen LogP contribution in [0.3, 0.4) is 0 Å². The highest BCUT2D eigenvalue weighted by Crippen LogP contribution is 2.29. The Morgan fingerprint density at radius 2 is 2.00 bits per heavy atom. The minimum Gasteiger partial charge on any atom is -0.293 e. The molecule has 3 rings (SSSR count). The van der Waals surface area contributed by atoms with E-state index in [1.807, 2.05) is 38.2 Å². The Bertz CT molecular complexity index is 841. The highest BCUT2D eigenvalue weighted by atomic mass is 32.2. The summed E-state index contributed by atoms with van der Waals surface area (Å²) < 4.78 is 1.71. The minimum atomic E-state index is -0.221. The molecule has 0 aliphatic carbocycles. The van der Waals surface area contributed by atoms with Crippen molar-refractivity contribution in [1.29, 1.82) is 0 Å². The number of aryl methyl sites for hydroxylation is 2. The Hall–Kier alpha value is -2.21. The van der Waals surface area contributed by atoms with Crippen molar-refractivity contribution in [3.8, 4) is 0 Å². The third-order valence-corrected chi connectivity index (χ3v) is 4.91. The van der Waals surface area contributed by atoms with Crippen LogP contribution in [0, 0.1) is 0 Å². The SMILES string of the molecule is CCc1ccc(C(=O)C(C)Sc2ncnc3c2cnn3C)cc1. The van der Waals surface area contributed by atoms with E-state index in [2.05, 4.69) is 22.0 Å². The predicted octanol–water partition coefficient (Wildman–Crippen LogP) is 3.29. The highest BCUT2D eigenvalue weighted by Gasteiger charge is 2.19. The first-order valence-corrected chi connectivity index (χ1v) is 8.40. The largest absolute Gasteiger partial charge is 0.293 e. The van der Waals surface area contributed by atoms with Crippen LogP contribution in [0.1, 0.15) is 29.8 Å². The molecule has 0 amide bonds. The number of thioether (sulfide) groups is 1. The summed E-state index contributed by atoms with van der Waals surface area (Å²) in [5.41, 5.74) is 2.74. The van der Waals surface area contributed by atoms with E-state index in [-0.39, 0.29) is 11.0 Å². The Balaban J connectivity index is 1.82. The first-order valence-electron chi connectivity index (χ1n) is 7.52. The van der Waals surface area contributed by atoms with Crippen molar-refractivity contribution in [2.24, 2.45) is 7.05 Å². The quantitative estimate of drug-likeness (QED) is 0.409. The first kappa shape index (κ1) is 15.7. The van der Waals surface area contributed by atoms with Crippen molar-refractivity contribution in [3.63, 3.8) is 0 Å². The van der Waals surface area contributed by atoms with Crippen molar-refractivity contribution in [2.45, 2.75) is 30.5 Å². The molecule has 2 heterocycles. The van der Waals surface area contributed by atoms with Crippen LogP contribution in [-0.2, 0) is 13.5 Å². The number of rotatable bonds is 5. The molecule has 0 spiro atoms. The van der Waals surface area contributed by atoms with Crippen molar-refractivity contribution in [1.82, 2.24) is 19.7 Å². The van der Waals surface area contributed by atoms with Gasteiger partial charge in [0.2, 0.25) is 0 Å². The van der Waals surface area contributed by atoms with Crippen molar-refractivity contribution >= 4 is 28.6 Å². The molecule has 0 bridgehead atoms. The zero-order valence-electron chi connectivity index (χ0n) is 13.4. The molecule has 0 aliphatic rings. The number of aromatic nitrogens is 4. The monoisotopic (exact) mass is 326 g/mol. The van der Waals surface area contributed by atoms with Gasteiger partial charge in [-0.15, -0.1) is 0 Å². The lowest BCUT2D eigenvalue weighted by Gasteiger charge is -2.10. The maximum absolute atomic E-state index is 12.6. The van der Waals surface area contributed by atoms with E-state index >= 15 is 0 Å². The molecule has 2 aromatic heterocycles. The molecule has 0 aliphatic heterocycles. The molecule has 1 atom stereocenters. The fraction of sp³-hybridized carbons (Fsp3) is 0.294. The summed E-state index contributed by atoms with van der Waals surface area (Å²) in [5, 5.41) is 5.64. The van der Waals surface area contributed by atoms with Crippen LogP contribution in [0.5, 0.6) is 0 Å². The van der Waals surface area contributed by atoms with Gasteiger partial charge in [-0.3, -0.25) is 9.48 Å². The average molecular weight is 326 g/mol. The molecule has 0 N–H and O–H groups in total. The molecule has 1 unspecified atom stereocenters. The number of hydrogen-bond acceptors (Lipinski definition) is 5. The van der Waals surface area contributed by atoms with Crippen LogP contribution in [0.25, 0.3) is 11.0 Å². The van der Waals surface area contributed by atoms with Crippen LogP contribution >= 0.6 is 11.8 Å². The lowest BCUT2D eigenvalue weighted by atomic mass is 10.1. The fourth-order valence-corrected chi connectivity index (χ4v) is 3.35. The molecule has 3 aromatic rings. The topological polar surface area (TPSA) is 60.7 Å². The van der Waals surface area contributed by atoms with Gasteiger partial charge in [0.15, 0.2) is 11.4 Å². The fourth-order valence-electron chi connectivity index (χ4n) is 2.39.